The van der Waals surface area contributed by atoms with Crippen LogP contribution in [0.2, 0.25) is 0 Å². The highest BCUT2D eigenvalue weighted by Gasteiger charge is 2.79. The highest BCUT2D eigenvalue weighted by molar-refractivity contribution is 5.98. The summed E-state index contributed by atoms with van der Waals surface area (Å²) in [4.78, 5) is 44.4. The molecule has 1 N–H and O–H groups in total. The molecule has 3 saturated heterocycles. The molecule has 1 saturated carbocycles. The van der Waals surface area contributed by atoms with Gasteiger partial charge in [0, 0.05) is 19.1 Å². The molecule has 0 aromatic carbocycles. The van der Waals surface area contributed by atoms with Gasteiger partial charge in [-0.25, -0.2) is 0 Å². The Morgan fingerprint density at radius 2 is 2.00 bits per heavy atom. The highest BCUT2D eigenvalue weighted by atomic mass is 16.6. The Kier molecular flexibility index (Phi) is 6.87. The van der Waals surface area contributed by atoms with Gasteiger partial charge in [-0.05, 0) is 39.0 Å². The van der Waals surface area contributed by atoms with Crippen molar-refractivity contribution < 1.29 is 29.0 Å². The Balaban J connectivity index is 1.75. The molecule has 2 unspecified atom stereocenters. The van der Waals surface area contributed by atoms with Gasteiger partial charge in [0.1, 0.15) is 17.6 Å². The Labute approximate surface area is 196 Å². The van der Waals surface area contributed by atoms with Gasteiger partial charge >= 0.3 is 5.97 Å². The third-order valence-electron chi connectivity index (χ3n) is 8.42. The molecule has 0 radical (unpaired) electrons. The molecule has 8 heteroatoms. The lowest BCUT2D eigenvalue weighted by Crippen LogP contribution is -2.58. The lowest BCUT2D eigenvalue weighted by atomic mass is 9.65. The van der Waals surface area contributed by atoms with Crippen molar-refractivity contribution in [3.05, 3.63) is 12.7 Å². The smallest absolute Gasteiger partial charge is 0.312 e. The highest BCUT2D eigenvalue weighted by Crippen LogP contribution is 2.64. The summed E-state index contributed by atoms with van der Waals surface area (Å²) in [7, 11) is 0. The number of hydrogen-bond donors (Lipinski definition) is 1. The average Bonchev–Trinajstić information content (AvgIpc) is 3.42. The third kappa shape index (κ3) is 3.60. The first-order chi connectivity index (χ1) is 15.9. The molecule has 2 amide bonds. The maximum atomic E-state index is 14.2. The number of esters is 1. The molecule has 4 fully saturated rings. The van der Waals surface area contributed by atoms with Gasteiger partial charge in [0.05, 0.1) is 24.7 Å². The number of carbonyl (C=O) groups is 3. The molecule has 4 aliphatic rings. The number of hydrogen-bond acceptors (Lipinski definition) is 6. The van der Waals surface area contributed by atoms with Crippen molar-refractivity contribution in [3.8, 4) is 0 Å². The fraction of sp³-hybridized carbons (Fsp3) is 0.800. The van der Waals surface area contributed by atoms with Crippen LogP contribution in [0.25, 0.3) is 0 Å². The van der Waals surface area contributed by atoms with Gasteiger partial charge in [0.25, 0.3) is 0 Å². The molecular weight excluding hydrogens is 424 g/mol. The number of rotatable bonds is 9. The van der Waals surface area contributed by atoms with Gasteiger partial charge in [0.2, 0.25) is 11.8 Å². The van der Waals surface area contributed by atoms with Gasteiger partial charge in [0.15, 0.2) is 0 Å². The topological polar surface area (TPSA) is 96.4 Å². The van der Waals surface area contributed by atoms with Gasteiger partial charge in [-0.1, -0.05) is 32.3 Å². The minimum atomic E-state index is -1.06. The standard InChI is InChI=1S/C25H38N2O6/c1-4-14-26(17-10-8-7-9-11-17)22(30)20-25-13-12-24(5-2,33-25)19(23(31)32-6-3)18(25)21(29)27(20)15-16-28/h4,17-20,28H,1,5-16H2,2-3H3/t18-,19-,20?,24+,25?/m0/s1. The number of carbonyl (C=O) groups excluding carboxylic acids is 3. The molecule has 3 heterocycles. The van der Waals surface area contributed by atoms with Crippen LogP contribution in [-0.2, 0) is 23.9 Å². The Morgan fingerprint density at radius 1 is 1.27 bits per heavy atom. The summed E-state index contributed by atoms with van der Waals surface area (Å²) in [6.07, 6.45) is 8.63. The summed E-state index contributed by atoms with van der Waals surface area (Å²) in [6.45, 7) is 7.98. The van der Waals surface area contributed by atoms with Gasteiger partial charge in [-0.15, -0.1) is 6.58 Å². The summed E-state index contributed by atoms with van der Waals surface area (Å²) in [5.41, 5.74) is -1.85. The third-order valence-corrected chi connectivity index (χ3v) is 8.42. The maximum Gasteiger partial charge on any atom is 0.312 e. The molecule has 3 aliphatic heterocycles. The molecule has 0 aromatic heterocycles. The van der Waals surface area contributed by atoms with E-state index >= 15 is 0 Å². The average molecular weight is 463 g/mol. The van der Waals surface area contributed by atoms with Crippen molar-refractivity contribution in [2.75, 3.05) is 26.3 Å². The molecule has 4 rings (SSSR count). The van der Waals surface area contributed by atoms with Crippen LogP contribution in [-0.4, -0.2) is 82.3 Å². The number of aliphatic hydroxyl groups excluding tert-OH is 1. The minimum Gasteiger partial charge on any atom is -0.466 e. The predicted octanol–water partition coefficient (Wildman–Crippen LogP) is 2.04. The molecular formula is C25H38N2O6. The fourth-order valence-electron chi connectivity index (χ4n) is 7.04. The fourth-order valence-corrected chi connectivity index (χ4v) is 7.04. The maximum absolute atomic E-state index is 14.2. The first kappa shape index (κ1) is 24.2. The SMILES string of the molecule is C=CCN(C(=O)C1N(CCO)C(=O)[C@@H]2[C@@H](C(=O)OCC)[C@@]3(CC)CCC12O3)C1CCCCC1. The van der Waals surface area contributed by atoms with Crippen molar-refractivity contribution in [1.82, 2.24) is 9.80 Å². The van der Waals surface area contributed by atoms with E-state index in [-0.39, 0.29) is 37.6 Å². The lowest BCUT2D eigenvalue weighted by Gasteiger charge is -2.40. The van der Waals surface area contributed by atoms with Gasteiger partial charge in [-0.2, -0.15) is 0 Å². The summed E-state index contributed by atoms with van der Waals surface area (Å²) in [5, 5.41) is 9.75. The zero-order valence-corrected chi connectivity index (χ0v) is 20.0. The summed E-state index contributed by atoms with van der Waals surface area (Å²) < 4.78 is 12.1. The predicted molar refractivity (Wildman–Crippen MR) is 121 cm³/mol. The van der Waals surface area contributed by atoms with Crippen molar-refractivity contribution in [3.63, 3.8) is 0 Å². The van der Waals surface area contributed by atoms with Gasteiger partial charge < -0.3 is 24.4 Å². The van der Waals surface area contributed by atoms with E-state index in [1.807, 2.05) is 11.8 Å². The zero-order valence-electron chi connectivity index (χ0n) is 20.0. The molecule has 184 valence electrons. The molecule has 33 heavy (non-hydrogen) atoms. The van der Waals surface area contributed by atoms with Crippen molar-refractivity contribution in [2.24, 2.45) is 11.8 Å². The van der Waals surface area contributed by atoms with E-state index in [2.05, 4.69) is 6.58 Å². The Morgan fingerprint density at radius 3 is 2.61 bits per heavy atom. The van der Waals surface area contributed by atoms with Crippen LogP contribution in [0.5, 0.6) is 0 Å². The largest absolute Gasteiger partial charge is 0.466 e. The van der Waals surface area contributed by atoms with E-state index in [4.69, 9.17) is 9.47 Å². The summed E-state index contributed by atoms with van der Waals surface area (Å²) in [5.74, 6) is -2.35. The number of nitrogens with zero attached hydrogens (tertiary/aromatic N) is 2. The normalized spacial score (nSPS) is 35.5. The number of ether oxygens (including phenoxy) is 2. The molecule has 5 atom stereocenters. The number of aliphatic hydroxyl groups is 1. The molecule has 2 bridgehead atoms. The van der Waals surface area contributed by atoms with Crippen molar-refractivity contribution >= 4 is 17.8 Å². The summed E-state index contributed by atoms with van der Waals surface area (Å²) in [6, 6.07) is -0.748. The van der Waals surface area contributed by atoms with E-state index in [0.29, 0.717) is 25.8 Å². The van der Waals surface area contributed by atoms with Crippen LogP contribution in [0.4, 0.5) is 0 Å². The minimum absolute atomic E-state index is 0.0398. The van der Waals surface area contributed by atoms with Crippen LogP contribution < -0.4 is 0 Å². The van der Waals surface area contributed by atoms with E-state index < -0.39 is 35.0 Å². The second kappa shape index (κ2) is 9.37. The first-order valence-corrected chi connectivity index (χ1v) is 12.6. The van der Waals surface area contributed by atoms with Crippen LogP contribution in [0.1, 0.15) is 65.2 Å². The first-order valence-electron chi connectivity index (χ1n) is 12.6. The lowest BCUT2D eigenvalue weighted by molar-refractivity contribution is -0.162. The molecule has 1 aliphatic carbocycles. The van der Waals surface area contributed by atoms with Crippen LogP contribution in [0.3, 0.4) is 0 Å². The van der Waals surface area contributed by atoms with E-state index in [0.717, 1.165) is 25.7 Å². The van der Waals surface area contributed by atoms with Crippen LogP contribution in [0.15, 0.2) is 12.7 Å². The van der Waals surface area contributed by atoms with Crippen LogP contribution >= 0.6 is 0 Å². The van der Waals surface area contributed by atoms with E-state index in [1.54, 1.807) is 13.0 Å². The summed E-state index contributed by atoms with van der Waals surface area (Å²) >= 11 is 0. The number of β-amino-alcohol motifs (C(OH)–C–C–N with tert-alkyl or cyclic N) is 1. The van der Waals surface area contributed by atoms with Crippen LogP contribution in [0, 0.1) is 11.8 Å². The van der Waals surface area contributed by atoms with Crippen molar-refractivity contribution in [1.29, 1.82) is 0 Å². The quantitative estimate of drug-likeness (QED) is 0.416. The van der Waals surface area contributed by atoms with Crippen molar-refractivity contribution in [2.45, 2.75) is 88.5 Å². The Hall–Kier alpha value is -1.93. The molecule has 1 spiro atoms. The van der Waals surface area contributed by atoms with E-state index in [9.17, 15) is 19.5 Å². The van der Waals surface area contributed by atoms with E-state index in [1.165, 1.54) is 11.3 Å². The second-order valence-electron chi connectivity index (χ2n) is 9.91. The number of fused-ring (bicyclic) bond motifs is 1. The monoisotopic (exact) mass is 462 g/mol. The second-order valence-corrected chi connectivity index (χ2v) is 9.91. The van der Waals surface area contributed by atoms with Gasteiger partial charge in [-0.3, -0.25) is 14.4 Å². The number of likely N-dealkylation sites (tertiary alicyclic amines) is 1. The Bertz CT molecular complexity index is 796. The zero-order chi connectivity index (χ0) is 23.8. The number of amides is 2. The molecule has 0 aromatic rings. The molecule has 8 nitrogen and oxygen atoms in total.